The van der Waals surface area contributed by atoms with Gasteiger partial charge in [-0.2, -0.15) is 0 Å². The molecule has 1 atom stereocenters. The maximum Gasteiger partial charge on any atom is 0.321 e. The van der Waals surface area contributed by atoms with Gasteiger partial charge in [-0.1, -0.05) is 23.7 Å². The minimum Gasteiger partial charge on any atom is -0.362 e. The molecule has 1 aromatic carbocycles. The Hall–Kier alpha value is -2.87. The van der Waals surface area contributed by atoms with Crippen LogP contribution in [0.1, 0.15) is 32.4 Å². The highest BCUT2D eigenvalue weighted by atomic mass is 35.5. The predicted molar refractivity (Wildman–Crippen MR) is 106 cm³/mol. The molecular formula is C18H22ClN5O3. The molecule has 0 aliphatic carbocycles. The minimum absolute atomic E-state index is 0.135. The van der Waals surface area contributed by atoms with Crippen molar-refractivity contribution in [1.29, 1.82) is 0 Å². The van der Waals surface area contributed by atoms with Crippen LogP contribution in [0, 0.1) is 10.1 Å². The molecule has 0 aliphatic heterocycles. The Morgan fingerprint density at radius 2 is 1.93 bits per heavy atom. The summed E-state index contributed by atoms with van der Waals surface area (Å²) in [6, 6.07) is 8.39. The summed E-state index contributed by atoms with van der Waals surface area (Å²) in [5, 5.41) is 16.9. The molecule has 0 aliphatic rings. The topological polar surface area (TPSA) is 100 Å². The lowest BCUT2D eigenvalue weighted by atomic mass is 10.1. The third kappa shape index (κ3) is 5.30. The summed E-state index contributed by atoms with van der Waals surface area (Å²) in [6.45, 7) is 7.06. The number of halogens is 1. The lowest BCUT2D eigenvalue weighted by Crippen LogP contribution is -2.34. The highest BCUT2D eigenvalue weighted by Gasteiger charge is 2.14. The zero-order chi connectivity index (χ0) is 20.0. The fourth-order valence-electron chi connectivity index (χ4n) is 2.49. The van der Waals surface area contributed by atoms with Crippen molar-refractivity contribution < 1.29 is 9.72 Å². The van der Waals surface area contributed by atoms with E-state index in [-0.39, 0.29) is 22.8 Å². The third-order valence-electron chi connectivity index (χ3n) is 4.10. The van der Waals surface area contributed by atoms with Crippen molar-refractivity contribution in [1.82, 2.24) is 9.88 Å². The Kier molecular flexibility index (Phi) is 6.95. The van der Waals surface area contributed by atoms with Crippen molar-refractivity contribution in [2.45, 2.75) is 26.8 Å². The second-order valence-corrected chi connectivity index (χ2v) is 6.28. The van der Waals surface area contributed by atoms with Crippen molar-refractivity contribution in [3.63, 3.8) is 0 Å². The van der Waals surface area contributed by atoms with Crippen LogP contribution in [0.4, 0.5) is 22.0 Å². The largest absolute Gasteiger partial charge is 0.362 e. The van der Waals surface area contributed by atoms with Crippen LogP contribution in [0.2, 0.25) is 5.02 Å². The van der Waals surface area contributed by atoms with Crippen LogP contribution in [0.3, 0.4) is 0 Å². The van der Waals surface area contributed by atoms with E-state index in [2.05, 4.69) is 15.6 Å². The molecule has 9 heteroatoms. The first-order chi connectivity index (χ1) is 12.8. The second kappa shape index (κ2) is 9.18. The van der Waals surface area contributed by atoms with Crippen molar-refractivity contribution in [2.75, 3.05) is 23.7 Å². The zero-order valence-electron chi connectivity index (χ0n) is 15.4. The third-order valence-corrected chi connectivity index (χ3v) is 4.39. The van der Waals surface area contributed by atoms with Gasteiger partial charge in [0.1, 0.15) is 12.0 Å². The van der Waals surface area contributed by atoms with E-state index in [1.165, 1.54) is 6.07 Å². The van der Waals surface area contributed by atoms with E-state index in [9.17, 15) is 14.9 Å². The van der Waals surface area contributed by atoms with Gasteiger partial charge in [0.05, 0.1) is 9.95 Å². The molecule has 2 rings (SSSR count). The summed E-state index contributed by atoms with van der Waals surface area (Å²) in [4.78, 5) is 28.0. The molecule has 0 radical (unpaired) electrons. The fraction of sp³-hybridized carbons (Fsp3) is 0.333. The van der Waals surface area contributed by atoms with Crippen molar-refractivity contribution in [3.05, 3.63) is 57.2 Å². The number of anilines is 2. The molecule has 2 N–H and O–H groups in total. The summed E-state index contributed by atoms with van der Waals surface area (Å²) in [5.74, 6) is 0.369. The number of urea groups is 1. The molecule has 2 aromatic rings. The maximum atomic E-state index is 12.1. The van der Waals surface area contributed by atoms with E-state index in [1.807, 2.05) is 45.0 Å². The van der Waals surface area contributed by atoms with Gasteiger partial charge in [-0.15, -0.1) is 0 Å². The van der Waals surface area contributed by atoms with Gasteiger partial charge in [0.15, 0.2) is 0 Å². The van der Waals surface area contributed by atoms with Crippen LogP contribution in [0.5, 0.6) is 0 Å². The van der Waals surface area contributed by atoms with Gasteiger partial charge in [-0.25, -0.2) is 9.78 Å². The first-order valence-corrected chi connectivity index (χ1v) is 8.95. The highest BCUT2D eigenvalue weighted by molar-refractivity contribution is 6.33. The van der Waals surface area contributed by atoms with Gasteiger partial charge in [0.2, 0.25) is 0 Å². The highest BCUT2D eigenvalue weighted by Crippen LogP contribution is 2.27. The number of hydrogen-bond acceptors (Lipinski definition) is 5. The average Bonchev–Trinajstić information content (AvgIpc) is 2.64. The Balaban J connectivity index is 2.04. The number of nitrogens with zero attached hydrogens (tertiary/aromatic N) is 3. The Morgan fingerprint density at radius 1 is 1.30 bits per heavy atom. The summed E-state index contributed by atoms with van der Waals surface area (Å²) in [6.07, 6.45) is 1.16. The molecule has 0 bridgehead atoms. The van der Waals surface area contributed by atoms with Gasteiger partial charge < -0.3 is 15.5 Å². The van der Waals surface area contributed by atoms with Gasteiger partial charge in [0.25, 0.3) is 5.69 Å². The number of nitrogens with one attached hydrogen (secondary N) is 2. The molecule has 0 saturated heterocycles. The number of carbonyl (C=O) groups excluding carboxylic acids is 1. The molecule has 8 nitrogen and oxygen atoms in total. The fourth-order valence-corrected chi connectivity index (χ4v) is 2.71. The Bertz CT molecular complexity index is 809. The van der Waals surface area contributed by atoms with Crippen LogP contribution in [0.15, 0.2) is 36.5 Å². The number of rotatable bonds is 7. The zero-order valence-corrected chi connectivity index (χ0v) is 16.2. The van der Waals surface area contributed by atoms with Crippen LogP contribution in [-0.2, 0) is 0 Å². The normalized spacial score (nSPS) is 11.6. The van der Waals surface area contributed by atoms with E-state index in [0.29, 0.717) is 24.6 Å². The molecule has 144 valence electrons. The summed E-state index contributed by atoms with van der Waals surface area (Å²) in [7, 11) is 0. The molecule has 0 saturated carbocycles. The van der Waals surface area contributed by atoms with Crippen LogP contribution in [-0.4, -0.2) is 33.9 Å². The smallest absolute Gasteiger partial charge is 0.321 e. The molecule has 0 spiro atoms. The van der Waals surface area contributed by atoms with E-state index in [1.54, 1.807) is 4.90 Å². The van der Waals surface area contributed by atoms with Gasteiger partial charge >= 0.3 is 6.03 Å². The first kappa shape index (κ1) is 20.4. The van der Waals surface area contributed by atoms with Gasteiger partial charge in [-0.05, 0) is 38.5 Å². The molecule has 1 heterocycles. The van der Waals surface area contributed by atoms with Crippen LogP contribution < -0.4 is 10.6 Å². The molecule has 0 fully saturated rings. The monoisotopic (exact) mass is 391 g/mol. The second-order valence-electron chi connectivity index (χ2n) is 5.87. The number of nitro groups is 1. The molecule has 0 unspecified atom stereocenters. The number of benzene rings is 1. The quantitative estimate of drug-likeness (QED) is 0.526. The Labute approximate surface area is 162 Å². The van der Waals surface area contributed by atoms with Crippen molar-refractivity contribution in [3.8, 4) is 0 Å². The van der Waals surface area contributed by atoms with E-state index in [4.69, 9.17) is 11.6 Å². The average molecular weight is 392 g/mol. The number of carbonyl (C=O) groups is 1. The lowest BCUT2D eigenvalue weighted by Gasteiger charge is -2.20. The van der Waals surface area contributed by atoms with E-state index >= 15 is 0 Å². The summed E-state index contributed by atoms with van der Waals surface area (Å²) < 4.78 is 0. The Morgan fingerprint density at radius 3 is 2.44 bits per heavy atom. The van der Waals surface area contributed by atoms with Gasteiger partial charge in [0, 0.05) is 30.9 Å². The minimum atomic E-state index is -0.544. The predicted octanol–water partition coefficient (Wildman–Crippen LogP) is 4.69. The number of aromatic nitrogens is 1. The molecule has 1 aromatic heterocycles. The van der Waals surface area contributed by atoms with E-state index in [0.717, 1.165) is 11.8 Å². The number of hydrogen-bond donors (Lipinski definition) is 2. The van der Waals surface area contributed by atoms with Crippen LogP contribution >= 0.6 is 11.6 Å². The molecule has 27 heavy (non-hydrogen) atoms. The maximum absolute atomic E-state index is 12.1. The van der Waals surface area contributed by atoms with E-state index < -0.39 is 4.92 Å². The lowest BCUT2D eigenvalue weighted by molar-refractivity contribution is -0.385. The summed E-state index contributed by atoms with van der Waals surface area (Å²) >= 11 is 6.06. The standard InChI is InChI=1S/C18H22ClN5O3/c1-4-23(5-2)18(25)22-14-8-6-13(7-9-14)12(3)21-17-16(19)10-15(11-20-17)24(26)27/h6-12H,4-5H2,1-3H3,(H,20,21)(H,22,25)/t12-/m0/s1. The van der Waals surface area contributed by atoms with Gasteiger partial charge in [-0.3, -0.25) is 10.1 Å². The van der Waals surface area contributed by atoms with Crippen molar-refractivity contribution >= 4 is 34.8 Å². The molecule has 2 amide bonds. The first-order valence-electron chi connectivity index (χ1n) is 8.58. The number of pyridine rings is 1. The number of amides is 2. The van der Waals surface area contributed by atoms with Crippen LogP contribution in [0.25, 0.3) is 0 Å². The molecular weight excluding hydrogens is 370 g/mol. The summed E-state index contributed by atoms with van der Waals surface area (Å²) in [5.41, 5.74) is 1.49. The SMILES string of the molecule is CCN(CC)C(=O)Nc1ccc([C@H](C)Nc2ncc([N+](=O)[O-])cc2Cl)cc1. The van der Waals surface area contributed by atoms with Crippen molar-refractivity contribution in [2.24, 2.45) is 0 Å².